The molecule has 0 spiro atoms. The van der Waals surface area contributed by atoms with E-state index < -0.39 is 0 Å². The van der Waals surface area contributed by atoms with Crippen LogP contribution in [0.3, 0.4) is 0 Å². The van der Waals surface area contributed by atoms with Gasteiger partial charge in [0, 0.05) is 48.6 Å². The molecule has 4 heteroatoms. The molecule has 0 atom stereocenters. The Morgan fingerprint density at radius 3 is 1.83 bits per heavy atom. The molecule has 0 unspecified atom stereocenters. The summed E-state index contributed by atoms with van der Waals surface area (Å²) in [4.78, 5) is 5.45. The lowest BCUT2D eigenvalue weighted by Crippen LogP contribution is -2.60. The zero-order valence-corrected chi connectivity index (χ0v) is 36.8. The summed E-state index contributed by atoms with van der Waals surface area (Å²) in [5.74, 6) is 0. The molecular weight excluding hydrogens is 719 g/mol. The minimum atomic E-state index is 0.00122. The van der Waals surface area contributed by atoms with Crippen LogP contribution in [0.4, 0.5) is 28.4 Å². The van der Waals surface area contributed by atoms with Crippen molar-refractivity contribution in [2.75, 3.05) is 9.71 Å². The van der Waals surface area contributed by atoms with Gasteiger partial charge < -0.3 is 9.71 Å². The van der Waals surface area contributed by atoms with Crippen LogP contribution in [0, 0.1) is 13.8 Å². The van der Waals surface area contributed by atoms with Gasteiger partial charge in [-0.25, -0.2) is 0 Å². The Hall–Kier alpha value is -4.80. The molecule has 1 aromatic heterocycles. The van der Waals surface area contributed by atoms with Crippen LogP contribution in [0.2, 0.25) is 0 Å². The maximum atomic E-state index is 2.74. The van der Waals surface area contributed by atoms with Gasteiger partial charge in [-0.15, -0.1) is 11.3 Å². The molecule has 0 bridgehead atoms. The third-order valence-corrected chi connectivity index (χ3v) is 16.3. The first kappa shape index (κ1) is 36.3. The number of anilines is 5. The summed E-state index contributed by atoms with van der Waals surface area (Å²) >= 11 is 2.04. The van der Waals surface area contributed by atoms with Gasteiger partial charge in [0.25, 0.3) is 0 Å². The fourth-order valence-electron chi connectivity index (χ4n) is 11.5. The van der Waals surface area contributed by atoms with Crippen molar-refractivity contribution in [2.45, 2.75) is 117 Å². The van der Waals surface area contributed by atoms with Gasteiger partial charge in [0.05, 0.1) is 5.69 Å². The lowest BCUT2D eigenvalue weighted by molar-refractivity contribution is 0.332. The Labute approximate surface area is 350 Å². The van der Waals surface area contributed by atoms with Crippen LogP contribution in [0.25, 0.3) is 32.0 Å². The largest absolute Gasteiger partial charge is 0.375 e. The molecule has 6 aromatic carbocycles. The highest BCUT2D eigenvalue weighted by Gasteiger charge is 2.49. The molecule has 0 amide bonds. The number of fused-ring (bicyclic) bond motifs is 10. The van der Waals surface area contributed by atoms with Gasteiger partial charge in [0.1, 0.15) is 0 Å². The number of aryl methyl sites for hydroxylation is 2. The van der Waals surface area contributed by atoms with Crippen molar-refractivity contribution >= 4 is 77.7 Å². The van der Waals surface area contributed by atoms with Crippen LogP contribution in [0.5, 0.6) is 0 Å². The van der Waals surface area contributed by atoms with Crippen molar-refractivity contribution in [1.82, 2.24) is 0 Å². The fourth-order valence-corrected chi connectivity index (χ4v) is 12.8. The van der Waals surface area contributed by atoms with E-state index in [4.69, 9.17) is 0 Å². The molecule has 0 saturated carbocycles. The molecule has 11 rings (SSSR count). The Morgan fingerprint density at radius 2 is 1.14 bits per heavy atom. The highest BCUT2D eigenvalue weighted by Crippen LogP contribution is 2.56. The molecule has 58 heavy (non-hydrogen) atoms. The Morgan fingerprint density at radius 1 is 0.534 bits per heavy atom. The summed E-state index contributed by atoms with van der Waals surface area (Å²) in [6.45, 7) is 24.4. The number of nitrogens with zero attached hydrogens (tertiary/aromatic N) is 2. The van der Waals surface area contributed by atoms with Crippen molar-refractivity contribution in [2.24, 2.45) is 0 Å². The highest BCUT2D eigenvalue weighted by atomic mass is 32.1. The lowest BCUT2D eigenvalue weighted by Gasteiger charge is -2.46. The Bertz CT molecular complexity index is 2890. The van der Waals surface area contributed by atoms with E-state index in [-0.39, 0.29) is 28.5 Å². The van der Waals surface area contributed by atoms with Gasteiger partial charge >= 0.3 is 6.85 Å². The third-order valence-electron chi connectivity index (χ3n) is 15.1. The smallest absolute Gasteiger partial charge is 0.343 e. The molecule has 2 nitrogen and oxygen atoms in total. The van der Waals surface area contributed by atoms with Crippen molar-refractivity contribution in [3.05, 3.63) is 137 Å². The maximum absolute atomic E-state index is 2.74. The standard InChI is InChI=1S/C54H55BN2S/c1-32-26-38-37-21-20-34-16-14-15-19-36(34)48(37)57(35-17-12-11-13-18-35)55-47(38)45(27-32)56(44-30-42-40(28-33(44)2)51(3,4)22-24-53(42,7)8)49-39-29-41-43(31-46(39)58-50(49)55)54(9,10)25-23-52(41,5)6/h11-21,26-31H,22-25H2,1-10H3. The molecule has 0 N–H and O–H groups in total. The van der Waals surface area contributed by atoms with Gasteiger partial charge in [-0.1, -0.05) is 122 Å². The second-order valence-corrected chi connectivity index (χ2v) is 21.9. The first-order valence-corrected chi connectivity index (χ1v) is 22.5. The predicted molar refractivity (Wildman–Crippen MR) is 253 cm³/mol. The zero-order valence-electron chi connectivity index (χ0n) is 36.0. The molecule has 0 radical (unpaired) electrons. The van der Waals surface area contributed by atoms with Crippen LogP contribution in [-0.4, -0.2) is 6.85 Å². The van der Waals surface area contributed by atoms with Gasteiger partial charge in [-0.05, 0) is 147 Å². The summed E-state index contributed by atoms with van der Waals surface area (Å²) < 4.78 is 2.84. The SMILES string of the molecule is Cc1cc2c3c(c1)N(c1cc4c(cc1C)C(C)(C)CCC4(C)C)c1c(sc4cc5c(cc14)C(C)(C)CCC5(C)C)B3N(c1ccccc1)c1c-2ccc2ccccc12. The molecule has 7 aromatic rings. The molecular formula is C54H55BN2S. The fraction of sp³-hybridized carbons (Fsp3) is 0.333. The van der Waals surface area contributed by atoms with Crippen LogP contribution in [-0.2, 0) is 21.7 Å². The normalized spacial score (nSPS) is 19.0. The molecule has 2 aliphatic heterocycles. The topological polar surface area (TPSA) is 6.48 Å². The number of thiophene rings is 1. The number of para-hydroxylation sites is 1. The van der Waals surface area contributed by atoms with Gasteiger partial charge in [-0.3, -0.25) is 0 Å². The molecule has 0 fully saturated rings. The number of hydrogen-bond donors (Lipinski definition) is 0. The van der Waals surface area contributed by atoms with E-state index in [0.29, 0.717) is 0 Å². The van der Waals surface area contributed by atoms with E-state index in [9.17, 15) is 0 Å². The van der Waals surface area contributed by atoms with Crippen LogP contribution >= 0.6 is 11.3 Å². The van der Waals surface area contributed by atoms with Crippen molar-refractivity contribution < 1.29 is 0 Å². The van der Waals surface area contributed by atoms with E-state index in [1.54, 1.807) is 0 Å². The van der Waals surface area contributed by atoms with Crippen molar-refractivity contribution in [1.29, 1.82) is 0 Å². The minimum Gasteiger partial charge on any atom is -0.375 e. The van der Waals surface area contributed by atoms with E-state index in [0.717, 1.165) is 0 Å². The number of benzene rings is 6. The second kappa shape index (κ2) is 11.9. The van der Waals surface area contributed by atoms with Crippen LogP contribution < -0.4 is 20.0 Å². The number of rotatable bonds is 2. The van der Waals surface area contributed by atoms with Gasteiger partial charge in [-0.2, -0.15) is 0 Å². The highest BCUT2D eigenvalue weighted by molar-refractivity contribution is 7.32. The van der Waals surface area contributed by atoms with Crippen LogP contribution in [0.1, 0.15) is 114 Å². The molecule has 4 aliphatic rings. The van der Waals surface area contributed by atoms with Crippen molar-refractivity contribution in [3.8, 4) is 11.1 Å². The predicted octanol–water partition coefficient (Wildman–Crippen LogP) is 14.1. The van der Waals surface area contributed by atoms with Crippen molar-refractivity contribution in [3.63, 3.8) is 0 Å². The average molecular weight is 775 g/mol. The first-order chi connectivity index (χ1) is 27.6. The first-order valence-electron chi connectivity index (χ1n) is 21.6. The van der Waals surface area contributed by atoms with E-state index in [1.807, 2.05) is 11.3 Å². The quantitative estimate of drug-likeness (QED) is 0.161. The molecule has 2 aliphatic carbocycles. The number of hydrogen-bond acceptors (Lipinski definition) is 3. The zero-order chi connectivity index (χ0) is 40.3. The van der Waals surface area contributed by atoms with E-state index >= 15 is 0 Å². The Kier molecular flexibility index (Phi) is 7.45. The van der Waals surface area contributed by atoms with Gasteiger partial charge in [0.2, 0.25) is 0 Å². The molecule has 0 saturated heterocycles. The summed E-state index contributed by atoms with van der Waals surface area (Å²) in [6.07, 6.45) is 4.81. The maximum Gasteiger partial charge on any atom is 0.343 e. The summed E-state index contributed by atoms with van der Waals surface area (Å²) in [5, 5.41) is 3.98. The molecule has 290 valence electrons. The second-order valence-electron chi connectivity index (χ2n) is 20.8. The molecule has 3 heterocycles. The van der Waals surface area contributed by atoms with E-state index in [2.05, 4.69) is 182 Å². The van der Waals surface area contributed by atoms with E-state index in [1.165, 1.54) is 130 Å². The summed E-state index contributed by atoms with van der Waals surface area (Å²) in [6, 6.07) is 40.4. The lowest BCUT2D eigenvalue weighted by atomic mass is 9.46. The third kappa shape index (κ3) is 4.97. The minimum absolute atomic E-state index is 0.00122. The van der Waals surface area contributed by atoms with Gasteiger partial charge in [0.15, 0.2) is 0 Å². The summed E-state index contributed by atoms with van der Waals surface area (Å²) in [7, 11) is 0. The monoisotopic (exact) mass is 774 g/mol. The average Bonchev–Trinajstić information content (AvgIpc) is 3.57. The Balaban J connectivity index is 1.31. The van der Waals surface area contributed by atoms with Crippen LogP contribution in [0.15, 0.2) is 103 Å². The summed E-state index contributed by atoms with van der Waals surface area (Å²) in [5.41, 5.74) is 19.9.